The third kappa shape index (κ3) is 4.85. The number of aryl methyl sites for hydroxylation is 1. The first-order valence-corrected chi connectivity index (χ1v) is 11.2. The number of carbonyl (C=O) groups excluding carboxylic acids is 1. The lowest BCUT2D eigenvalue weighted by atomic mass is 9.98. The first-order valence-electron chi connectivity index (χ1n) is 11.2. The van der Waals surface area contributed by atoms with Gasteiger partial charge in [0, 0.05) is 13.1 Å². The summed E-state index contributed by atoms with van der Waals surface area (Å²) in [6.07, 6.45) is 2.05. The van der Waals surface area contributed by atoms with Crippen LogP contribution >= 0.6 is 0 Å². The second kappa shape index (κ2) is 9.51. The molecule has 0 N–H and O–H groups in total. The molecular formula is C26H28N4O4. The summed E-state index contributed by atoms with van der Waals surface area (Å²) in [6, 6.07) is 19.3. The van der Waals surface area contributed by atoms with Crippen molar-refractivity contribution in [3.8, 4) is 0 Å². The largest absolute Gasteiger partial charge is 0.443 e. The van der Waals surface area contributed by atoms with Crippen LogP contribution in [-0.2, 0) is 35.8 Å². The first kappa shape index (κ1) is 23.2. The van der Waals surface area contributed by atoms with Gasteiger partial charge in [-0.15, -0.1) is 0 Å². The highest BCUT2D eigenvalue weighted by Crippen LogP contribution is 2.16. The van der Waals surface area contributed by atoms with Crippen molar-refractivity contribution < 1.29 is 9.53 Å². The molecule has 0 fully saturated rings. The zero-order valence-corrected chi connectivity index (χ0v) is 19.6. The first-order chi connectivity index (χ1) is 16.3. The van der Waals surface area contributed by atoms with Crippen LogP contribution < -0.4 is 11.2 Å². The van der Waals surface area contributed by atoms with Crippen LogP contribution in [0, 0.1) is 5.41 Å². The number of hydrogen-bond acceptors (Lipinski definition) is 5. The van der Waals surface area contributed by atoms with Gasteiger partial charge >= 0.3 is 11.7 Å². The normalized spacial score (nSPS) is 11.6. The fraction of sp³-hybridized carbons (Fsp3) is 0.308. The van der Waals surface area contributed by atoms with Gasteiger partial charge in [-0.1, -0.05) is 60.7 Å². The Bertz CT molecular complexity index is 1410. The second-order valence-electron chi connectivity index (χ2n) is 9.24. The number of carbonyl (C=O) groups is 1. The molecule has 176 valence electrons. The lowest BCUT2D eigenvalue weighted by molar-refractivity contribution is -0.156. The van der Waals surface area contributed by atoms with Gasteiger partial charge in [0.05, 0.1) is 11.7 Å². The number of hydrogen-bond donors (Lipinski definition) is 0. The van der Waals surface area contributed by atoms with Gasteiger partial charge in [0.1, 0.15) is 0 Å². The Kier molecular flexibility index (Phi) is 6.49. The summed E-state index contributed by atoms with van der Waals surface area (Å²) in [6.45, 7) is 5.52. The molecule has 0 bridgehead atoms. The van der Waals surface area contributed by atoms with Gasteiger partial charge in [0.2, 0.25) is 0 Å². The molecule has 2 heterocycles. The van der Waals surface area contributed by atoms with Crippen LogP contribution in [0.2, 0.25) is 0 Å². The molecule has 0 aliphatic heterocycles. The Morgan fingerprint density at radius 3 is 2.15 bits per heavy atom. The molecule has 0 atom stereocenters. The van der Waals surface area contributed by atoms with E-state index >= 15 is 0 Å². The van der Waals surface area contributed by atoms with E-state index in [9.17, 15) is 14.4 Å². The van der Waals surface area contributed by atoms with Crippen molar-refractivity contribution in [1.29, 1.82) is 0 Å². The van der Waals surface area contributed by atoms with E-state index in [1.807, 2.05) is 60.7 Å². The average Bonchev–Trinajstić information content (AvgIpc) is 3.23. The van der Waals surface area contributed by atoms with Crippen LogP contribution in [0.15, 0.2) is 76.6 Å². The van der Waals surface area contributed by atoms with E-state index in [0.29, 0.717) is 18.5 Å². The van der Waals surface area contributed by atoms with E-state index in [2.05, 4.69) is 4.98 Å². The molecular weight excluding hydrogens is 432 g/mol. The number of esters is 1. The van der Waals surface area contributed by atoms with Gasteiger partial charge in [-0.2, -0.15) is 0 Å². The topological polar surface area (TPSA) is 88.1 Å². The molecule has 0 amide bonds. The van der Waals surface area contributed by atoms with Gasteiger partial charge in [0.15, 0.2) is 17.9 Å². The van der Waals surface area contributed by atoms with E-state index < -0.39 is 22.6 Å². The summed E-state index contributed by atoms with van der Waals surface area (Å²) in [5, 5.41) is 0. The molecule has 2 aromatic heterocycles. The lowest BCUT2D eigenvalue weighted by Crippen LogP contribution is -2.42. The summed E-state index contributed by atoms with van der Waals surface area (Å²) in [5.74, 6) is -0.446. The number of nitrogens with zero attached hydrogens (tertiary/aromatic N) is 4. The van der Waals surface area contributed by atoms with Crippen molar-refractivity contribution >= 4 is 17.1 Å². The quantitative estimate of drug-likeness (QED) is 0.395. The molecule has 0 aliphatic rings. The molecule has 8 nitrogen and oxygen atoms in total. The monoisotopic (exact) mass is 460 g/mol. The molecule has 0 radical (unpaired) electrons. The van der Waals surface area contributed by atoms with Crippen molar-refractivity contribution in [3.63, 3.8) is 0 Å². The molecule has 0 saturated carbocycles. The van der Waals surface area contributed by atoms with Crippen molar-refractivity contribution in [2.24, 2.45) is 5.41 Å². The van der Waals surface area contributed by atoms with Crippen molar-refractivity contribution in [2.45, 2.75) is 47.0 Å². The minimum Gasteiger partial charge on any atom is -0.443 e. The minimum absolute atomic E-state index is 0.196. The number of aromatic nitrogens is 4. The molecule has 2 aromatic carbocycles. The fourth-order valence-corrected chi connectivity index (χ4v) is 3.68. The number of imidazole rings is 1. The van der Waals surface area contributed by atoms with E-state index in [1.165, 1.54) is 9.13 Å². The summed E-state index contributed by atoms with van der Waals surface area (Å²) in [5.41, 5.74) is 0.804. The van der Waals surface area contributed by atoms with E-state index in [-0.39, 0.29) is 18.9 Å². The van der Waals surface area contributed by atoms with Crippen LogP contribution in [0.5, 0.6) is 0 Å². The van der Waals surface area contributed by atoms with Gasteiger partial charge in [-0.25, -0.2) is 14.3 Å². The van der Waals surface area contributed by atoms with Gasteiger partial charge in [-0.05, 0) is 38.3 Å². The summed E-state index contributed by atoms with van der Waals surface area (Å²) in [4.78, 5) is 43.5. The Labute approximate surface area is 197 Å². The van der Waals surface area contributed by atoms with Crippen molar-refractivity contribution in [3.05, 3.63) is 99.0 Å². The van der Waals surface area contributed by atoms with Crippen molar-refractivity contribution in [2.75, 3.05) is 0 Å². The van der Waals surface area contributed by atoms with E-state index in [4.69, 9.17) is 4.74 Å². The standard InChI is InChI=1S/C26H28N4O4/c1-26(2,3)24(32)34-18-30-22-21(28(17-27-22)16-20-12-8-5-9-13-20)23(31)29(25(30)33)15-14-19-10-6-4-7-11-19/h4-13,17H,14-16,18H2,1-3H3. The molecule has 34 heavy (non-hydrogen) atoms. The molecule has 4 aromatic rings. The number of rotatable bonds is 7. The maximum absolute atomic E-state index is 13.5. The van der Waals surface area contributed by atoms with Gasteiger partial charge < -0.3 is 9.30 Å². The highest BCUT2D eigenvalue weighted by atomic mass is 16.5. The van der Waals surface area contributed by atoms with Crippen LogP contribution in [0.25, 0.3) is 11.2 Å². The Balaban J connectivity index is 1.79. The summed E-state index contributed by atoms with van der Waals surface area (Å²) in [7, 11) is 0. The third-order valence-electron chi connectivity index (χ3n) is 5.58. The maximum atomic E-state index is 13.5. The second-order valence-corrected chi connectivity index (χ2v) is 9.24. The van der Waals surface area contributed by atoms with Gasteiger partial charge in [-0.3, -0.25) is 14.2 Å². The summed E-state index contributed by atoms with van der Waals surface area (Å²) >= 11 is 0. The van der Waals surface area contributed by atoms with E-state index in [0.717, 1.165) is 11.1 Å². The predicted octanol–water partition coefficient (Wildman–Crippen LogP) is 3.20. The number of fused-ring (bicyclic) bond motifs is 1. The summed E-state index contributed by atoms with van der Waals surface area (Å²) < 4.78 is 9.61. The van der Waals surface area contributed by atoms with Crippen LogP contribution in [0.1, 0.15) is 31.9 Å². The van der Waals surface area contributed by atoms with Crippen LogP contribution in [0.4, 0.5) is 0 Å². The van der Waals surface area contributed by atoms with Crippen LogP contribution in [0.3, 0.4) is 0 Å². The fourth-order valence-electron chi connectivity index (χ4n) is 3.68. The van der Waals surface area contributed by atoms with E-state index in [1.54, 1.807) is 31.7 Å². The zero-order valence-electron chi connectivity index (χ0n) is 19.6. The highest BCUT2D eigenvalue weighted by molar-refractivity contribution is 5.75. The smallest absolute Gasteiger partial charge is 0.335 e. The predicted molar refractivity (Wildman–Crippen MR) is 129 cm³/mol. The third-order valence-corrected chi connectivity index (χ3v) is 5.58. The van der Waals surface area contributed by atoms with Crippen LogP contribution in [-0.4, -0.2) is 24.7 Å². The zero-order chi connectivity index (χ0) is 24.3. The van der Waals surface area contributed by atoms with Gasteiger partial charge in [0.25, 0.3) is 5.56 Å². The van der Waals surface area contributed by atoms with Crippen molar-refractivity contribution in [1.82, 2.24) is 18.7 Å². The minimum atomic E-state index is -0.725. The Morgan fingerprint density at radius 2 is 1.53 bits per heavy atom. The number of benzene rings is 2. The SMILES string of the molecule is CC(C)(C)C(=O)OCn1c(=O)n(CCc2ccccc2)c(=O)c2c1ncn2Cc1ccccc1. The lowest BCUT2D eigenvalue weighted by Gasteiger charge is -2.18. The highest BCUT2D eigenvalue weighted by Gasteiger charge is 2.25. The molecule has 0 aliphatic carbocycles. The average molecular weight is 461 g/mol. The molecule has 0 unspecified atom stereocenters. The maximum Gasteiger partial charge on any atom is 0.335 e. The number of ether oxygens (including phenoxy) is 1. The molecule has 0 spiro atoms. The Hall–Kier alpha value is -3.94. The molecule has 0 saturated heterocycles. The Morgan fingerprint density at radius 1 is 0.912 bits per heavy atom. The molecule has 4 rings (SSSR count). The molecule has 8 heteroatoms.